The third kappa shape index (κ3) is 7.40. The maximum atomic E-state index is 11.1. The van der Waals surface area contributed by atoms with E-state index in [0.29, 0.717) is 6.61 Å². The van der Waals surface area contributed by atoms with E-state index in [2.05, 4.69) is 36.0 Å². The Morgan fingerprint density at radius 2 is 1.92 bits per heavy atom. The van der Waals surface area contributed by atoms with Crippen molar-refractivity contribution in [3.05, 3.63) is 0 Å². The van der Waals surface area contributed by atoms with E-state index in [1.807, 2.05) is 0 Å². The van der Waals surface area contributed by atoms with E-state index in [4.69, 9.17) is 4.52 Å². The second-order valence-corrected chi connectivity index (χ2v) is 12.3. The van der Waals surface area contributed by atoms with Gasteiger partial charge in [0.15, 0.2) is 0 Å². The number of rotatable bonds is 5. The standard InChI is InChI=1S/C6H17O3PSSi/c1-8-10(7,11)9-5-6-12(2,3)4/h5-6H2,1-4H3,(H,7,11)/p-1. The molecular weight excluding hydrogens is 211 g/mol. The molecule has 1 unspecified atom stereocenters. The van der Waals surface area contributed by atoms with Gasteiger partial charge < -0.3 is 13.9 Å². The third-order valence-corrected chi connectivity index (χ3v) is 4.74. The van der Waals surface area contributed by atoms with E-state index in [9.17, 15) is 4.89 Å². The Kier molecular flexibility index (Phi) is 5.14. The quantitative estimate of drug-likeness (QED) is 0.528. The van der Waals surface area contributed by atoms with Gasteiger partial charge in [0.05, 0.1) is 6.61 Å². The van der Waals surface area contributed by atoms with Crippen LogP contribution in [0.3, 0.4) is 0 Å². The summed E-state index contributed by atoms with van der Waals surface area (Å²) < 4.78 is 9.45. The summed E-state index contributed by atoms with van der Waals surface area (Å²) in [6.07, 6.45) is 0. The van der Waals surface area contributed by atoms with Gasteiger partial charge in [0.1, 0.15) is 6.72 Å². The molecule has 0 saturated carbocycles. The molecule has 12 heavy (non-hydrogen) atoms. The minimum Gasteiger partial charge on any atom is -0.780 e. The Labute approximate surface area is 80.3 Å². The lowest BCUT2D eigenvalue weighted by atomic mass is 10.9. The van der Waals surface area contributed by atoms with Crippen LogP contribution in [0.25, 0.3) is 0 Å². The largest absolute Gasteiger partial charge is 0.780 e. The van der Waals surface area contributed by atoms with E-state index >= 15 is 0 Å². The molecule has 1 atom stereocenters. The van der Waals surface area contributed by atoms with Crippen LogP contribution in [0.4, 0.5) is 0 Å². The fourth-order valence-electron chi connectivity index (χ4n) is 0.516. The van der Waals surface area contributed by atoms with Gasteiger partial charge in [0, 0.05) is 15.2 Å². The van der Waals surface area contributed by atoms with Crippen molar-refractivity contribution in [2.75, 3.05) is 13.7 Å². The maximum Gasteiger partial charge on any atom is 0.115 e. The topological polar surface area (TPSA) is 41.5 Å². The van der Waals surface area contributed by atoms with Crippen LogP contribution in [0.5, 0.6) is 0 Å². The Morgan fingerprint density at radius 1 is 1.42 bits per heavy atom. The molecule has 0 fully saturated rings. The van der Waals surface area contributed by atoms with E-state index in [-0.39, 0.29) is 0 Å². The summed E-state index contributed by atoms with van der Waals surface area (Å²) in [6, 6.07) is 0.955. The molecular formula is C6H16O3PSSi-. The minimum absolute atomic E-state index is 0.449. The summed E-state index contributed by atoms with van der Waals surface area (Å²) in [4.78, 5) is 11.1. The van der Waals surface area contributed by atoms with Gasteiger partial charge in [-0.2, -0.15) is 0 Å². The van der Waals surface area contributed by atoms with Crippen molar-refractivity contribution in [2.45, 2.75) is 25.7 Å². The number of hydrogen-bond acceptors (Lipinski definition) is 4. The molecule has 3 nitrogen and oxygen atoms in total. The van der Waals surface area contributed by atoms with Gasteiger partial charge in [0.25, 0.3) is 0 Å². The summed E-state index contributed by atoms with van der Waals surface area (Å²) in [6.45, 7) is 3.95. The average Bonchev–Trinajstić information content (AvgIpc) is 1.84. The minimum atomic E-state index is -3.15. The molecule has 0 aromatic heterocycles. The highest BCUT2D eigenvalue weighted by molar-refractivity contribution is 8.06. The molecule has 0 heterocycles. The predicted octanol–water partition coefficient (Wildman–Crippen LogP) is 1.57. The Balaban J connectivity index is 3.65. The number of hydrogen-bond donors (Lipinski definition) is 0. The fourth-order valence-corrected chi connectivity index (χ4v) is 2.05. The highest BCUT2D eigenvalue weighted by Crippen LogP contribution is 2.37. The van der Waals surface area contributed by atoms with E-state index in [1.54, 1.807) is 0 Å². The molecule has 0 aliphatic carbocycles. The van der Waals surface area contributed by atoms with Crippen molar-refractivity contribution in [3.8, 4) is 0 Å². The van der Waals surface area contributed by atoms with E-state index < -0.39 is 14.8 Å². The average molecular weight is 227 g/mol. The highest BCUT2D eigenvalue weighted by Gasteiger charge is 2.13. The first-order chi connectivity index (χ1) is 5.27. The van der Waals surface area contributed by atoms with Gasteiger partial charge >= 0.3 is 0 Å². The van der Waals surface area contributed by atoms with Crippen molar-refractivity contribution in [2.24, 2.45) is 0 Å². The second kappa shape index (κ2) is 4.84. The van der Waals surface area contributed by atoms with Crippen LogP contribution in [-0.2, 0) is 20.9 Å². The summed E-state index contributed by atoms with van der Waals surface area (Å²) in [5.41, 5.74) is 0. The molecule has 0 saturated heterocycles. The van der Waals surface area contributed by atoms with Gasteiger partial charge in [-0.3, -0.25) is 0 Å². The van der Waals surface area contributed by atoms with Crippen LogP contribution < -0.4 is 4.89 Å². The Morgan fingerprint density at radius 3 is 2.25 bits per heavy atom. The van der Waals surface area contributed by atoms with Gasteiger partial charge in [-0.05, 0) is 6.04 Å². The smallest absolute Gasteiger partial charge is 0.115 e. The monoisotopic (exact) mass is 227 g/mol. The second-order valence-electron chi connectivity index (χ2n) is 3.77. The molecule has 74 valence electrons. The lowest BCUT2D eigenvalue weighted by molar-refractivity contribution is -0.203. The van der Waals surface area contributed by atoms with Gasteiger partial charge in [-0.25, -0.2) is 0 Å². The van der Waals surface area contributed by atoms with Crippen LogP contribution in [-0.4, -0.2) is 21.8 Å². The molecule has 0 amide bonds. The van der Waals surface area contributed by atoms with Crippen molar-refractivity contribution < 1.29 is 13.9 Å². The van der Waals surface area contributed by atoms with E-state index in [0.717, 1.165) is 6.04 Å². The summed E-state index contributed by atoms with van der Waals surface area (Å²) in [5.74, 6) is 0. The van der Waals surface area contributed by atoms with Crippen molar-refractivity contribution in [1.29, 1.82) is 0 Å². The van der Waals surface area contributed by atoms with Crippen LogP contribution in [0.2, 0.25) is 25.7 Å². The first kappa shape index (κ1) is 12.7. The molecule has 0 bridgehead atoms. The van der Waals surface area contributed by atoms with Gasteiger partial charge in [-0.1, -0.05) is 31.4 Å². The normalized spacial score (nSPS) is 17.4. The van der Waals surface area contributed by atoms with Crippen LogP contribution in [0.15, 0.2) is 0 Å². The molecule has 0 spiro atoms. The molecule has 0 aromatic rings. The van der Waals surface area contributed by atoms with Gasteiger partial charge in [-0.15, -0.1) is 0 Å². The SMILES string of the molecule is COP([O-])(=S)OCC[Si](C)(C)C. The fraction of sp³-hybridized carbons (Fsp3) is 1.00. The predicted molar refractivity (Wildman–Crippen MR) is 55.4 cm³/mol. The van der Waals surface area contributed by atoms with Gasteiger partial charge in [0.2, 0.25) is 0 Å². The zero-order valence-corrected chi connectivity index (χ0v) is 10.7. The molecule has 0 aromatic carbocycles. The molecule has 0 radical (unpaired) electrons. The van der Waals surface area contributed by atoms with Crippen molar-refractivity contribution >= 4 is 26.6 Å². The van der Waals surface area contributed by atoms with Crippen LogP contribution in [0, 0.1) is 0 Å². The zero-order chi connectivity index (χ0) is 9.83. The highest BCUT2D eigenvalue weighted by atomic mass is 32.5. The van der Waals surface area contributed by atoms with E-state index in [1.165, 1.54) is 7.11 Å². The zero-order valence-electron chi connectivity index (χ0n) is 7.99. The van der Waals surface area contributed by atoms with Crippen LogP contribution >= 0.6 is 6.72 Å². The molecule has 0 rings (SSSR count). The molecule has 0 N–H and O–H groups in total. The molecule has 0 aliphatic heterocycles. The first-order valence-corrected chi connectivity index (χ1v) is 10.0. The first-order valence-electron chi connectivity index (χ1n) is 3.78. The lowest BCUT2D eigenvalue weighted by Crippen LogP contribution is -2.22. The Hall–Kier alpha value is 0.747. The van der Waals surface area contributed by atoms with Crippen molar-refractivity contribution in [1.82, 2.24) is 0 Å². The van der Waals surface area contributed by atoms with Crippen LogP contribution in [0.1, 0.15) is 0 Å². The maximum absolute atomic E-state index is 11.1. The summed E-state index contributed by atoms with van der Waals surface area (Å²) in [5, 5.41) is 0. The summed E-state index contributed by atoms with van der Waals surface area (Å²) >= 11 is 4.56. The lowest BCUT2D eigenvalue weighted by Gasteiger charge is -2.26. The molecule has 0 aliphatic rings. The molecule has 6 heteroatoms. The summed E-state index contributed by atoms with van der Waals surface area (Å²) in [7, 11) is 0.190. The Bertz CT molecular complexity index is 180. The van der Waals surface area contributed by atoms with Crippen molar-refractivity contribution in [3.63, 3.8) is 0 Å². The third-order valence-electron chi connectivity index (χ3n) is 1.33.